The van der Waals surface area contributed by atoms with E-state index in [9.17, 15) is 4.91 Å². The number of benzene rings is 2. The second kappa shape index (κ2) is 4.81. The molecule has 0 unspecified atom stereocenters. The van der Waals surface area contributed by atoms with Gasteiger partial charge in [-0.25, -0.2) is 0 Å². The van der Waals surface area contributed by atoms with Gasteiger partial charge >= 0.3 is 0 Å². The fourth-order valence-electron chi connectivity index (χ4n) is 2.57. The molecule has 1 aromatic heterocycles. The molecule has 0 fully saturated rings. The van der Waals surface area contributed by atoms with Crippen LogP contribution in [-0.2, 0) is 7.05 Å². The van der Waals surface area contributed by atoms with E-state index in [1.54, 1.807) is 7.11 Å². The molecule has 1 heterocycles. The number of hydrogen-bond donors (Lipinski definition) is 0. The highest BCUT2D eigenvalue weighted by molar-refractivity contribution is 6.00. The third kappa shape index (κ3) is 1.77. The van der Waals surface area contributed by atoms with E-state index < -0.39 is 0 Å². The van der Waals surface area contributed by atoms with E-state index in [1.165, 1.54) is 0 Å². The van der Waals surface area contributed by atoms with E-state index in [0.29, 0.717) is 5.69 Å². The van der Waals surface area contributed by atoms with E-state index in [-0.39, 0.29) is 0 Å². The lowest BCUT2D eigenvalue weighted by molar-refractivity contribution is 0.415. The number of ether oxygens (including phenoxy) is 1. The van der Waals surface area contributed by atoms with E-state index in [2.05, 4.69) is 5.18 Å². The summed E-state index contributed by atoms with van der Waals surface area (Å²) in [7, 11) is 3.56. The molecule has 0 amide bonds. The maximum atomic E-state index is 11.3. The van der Waals surface area contributed by atoms with E-state index in [1.807, 2.05) is 60.1 Å². The van der Waals surface area contributed by atoms with Crippen molar-refractivity contribution in [2.75, 3.05) is 7.11 Å². The van der Waals surface area contributed by atoms with Crippen molar-refractivity contribution < 1.29 is 4.74 Å². The van der Waals surface area contributed by atoms with E-state index in [0.717, 1.165) is 27.9 Å². The molecular formula is C16H14N2O2. The fourth-order valence-corrected chi connectivity index (χ4v) is 2.57. The van der Waals surface area contributed by atoms with Crippen molar-refractivity contribution >= 4 is 16.6 Å². The van der Waals surface area contributed by atoms with E-state index >= 15 is 0 Å². The lowest BCUT2D eigenvalue weighted by atomic mass is 10.1. The zero-order valence-electron chi connectivity index (χ0n) is 11.3. The van der Waals surface area contributed by atoms with Crippen LogP contribution >= 0.6 is 0 Å². The zero-order chi connectivity index (χ0) is 14.1. The minimum absolute atomic E-state index is 0.469. The molecule has 0 spiro atoms. The van der Waals surface area contributed by atoms with Gasteiger partial charge in [0, 0.05) is 18.0 Å². The Kier molecular flexibility index (Phi) is 2.99. The molecule has 4 nitrogen and oxygen atoms in total. The molecule has 0 aliphatic rings. The number of nitroso groups, excluding NO2 is 1. The molecule has 4 heteroatoms. The van der Waals surface area contributed by atoms with Crippen LogP contribution < -0.4 is 4.74 Å². The first kappa shape index (κ1) is 12.4. The van der Waals surface area contributed by atoms with E-state index in [4.69, 9.17) is 4.74 Å². The smallest absolute Gasteiger partial charge is 0.141 e. The normalized spacial score (nSPS) is 10.7. The zero-order valence-corrected chi connectivity index (χ0v) is 11.3. The van der Waals surface area contributed by atoms with Gasteiger partial charge in [-0.3, -0.25) is 0 Å². The molecule has 0 saturated heterocycles. The molecule has 3 aromatic rings. The van der Waals surface area contributed by atoms with Crippen molar-refractivity contribution in [3.63, 3.8) is 0 Å². The summed E-state index contributed by atoms with van der Waals surface area (Å²) in [5.74, 6) is 0.754. The van der Waals surface area contributed by atoms with Crippen LogP contribution in [0, 0.1) is 4.91 Å². The number of hydrogen-bond acceptors (Lipinski definition) is 3. The Morgan fingerprint density at radius 3 is 2.65 bits per heavy atom. The third-order valence-electron chi connectivity index (χ3n) is 3.51. The topological polar surface area (TPSA) is 43.6 Å². The Morgan fingerprint density at radius 1 is 1.10 bits per heavy atom. The second-order valence-corrected chi connectivity index (χ2v) is 4.60. The van der Waals surface area contributed by atoms with Crippen LogP contribution in [0.3, 0.4) is 0 Å². The first-order chi connectivity index (χ1) is 9.76. The third-order valence-corrected chi connectivity index (χ3v) is 3.51. The van der Waals surface area contributed by atoms with Crippen LogP contribution in [0.2, 0.25) is 0 Å². The minimum Gasteiger partial charge on any atom is -0.497 e. The number of rotatable bonds is 3. The maximum Gasteiger partial charge on any atom is 0.141 e. The van der Waals surface area contributed by atoms with Gasteiger partial charge in [-0.2, -0.15) is 0 Å². The summed E-state index contributed by atoms with van der Waals surface area (Å²) in [6, 6.07) is 15.4. The van der Waals surface area contributed by atoms with Gasteiger partial charge in [0.15, 0.2) is 0 Å². The SMILES string of the molecule is COc1cccc(-c2c(N=O)c3ccccc3n2C)c1. The molecule has 0 bridgehead atoms. The van der Waals surface area contributed by atoms with Gasteiger partial charge in [-0.15, -0.1) is 4.91 Å². The average Bonchev–Trinajstić information content (AvgIpc) is 2.80. The Bertz CT molecular complexity index is 790. The Morgan fingerprint density at radius 2 is 1.90 bits per heavy atom. The van der Waals surface area contributed by atoms with Gasteiger partial charge in [0.2, 0.25) is 0 Å². The largest absolute Gasteiger partial charge is 0.497 e. The van der Waals surface area contributed by atoms with Crippen molar-refractivity contribution in [3.05, 3.63) is 53.4 Å². The standard InChI is InChI=1S/C16H14N2O2/c1-18-14-9-4-3-8-13(14)15(17-19)16(18)11-6-5-7-12(10-11)20-2/h3-10H,1-2H3. The molecule has 0 N–H and O–H groups in total. The van der Waals surface area contributed by atoms with Gasteiger partial charge in [-0.05, 0) is 23.4 Å². The van der Waals surface area contributed by atoms with Crippen LogP contribution in [0.25, 0.3) is 22.2 Å². The Balaban J connectivity index is 2.35. The number of aromatic nitrogens is 1. The summed E-state index contributed by atoms with van der Waals surface area (Å²) in [6.07, 6.45) is 0. The van der Waals surface area contributed by atoms with Crippen molar-refractivity contribution in [1.82, 2.24) is 4.57 Å². The number of aryl methyl sites for hydroxylation is 1. The van der Waals surface area contributed by atoms with Crippen molar-refractivity contribution in [2.24, 2.45) is 12.2 Å². The molecule has 0 radical (unpaired) electrons. The summed E-state index contributed by atoms with van der Waals surface area (Å²) in [5.41, 5.74) is 3.18. The van der Waals surface area contributed by atoms with Crippen LogP contribution in [-0.4, -0.2) is 11.7 Å². The molecule has 2 aromatic carbocycles. The first-order valence-corrected chi connectivity index (χ1v) is 6.31. The number of methoxy groups -OCH3 is 1. The fraction of sp³-hybridized carbons (Fsp3) is 0.125. The van der Waals surface area contributed by atoms with Gasteiger partial charge in [0.05, 0.1) is 18.3 Å². The average molecular weight is 266 g/mol. The predicted molar refractivity (Wildman–Crippen MR) is 80.4 cm³/mol. The summed E-state index contributed by atoms with van der Waals surface area (Å²) >= 11 is 0. The van der Waals surface area contributed by atoms with Crippen LogP contribution in [0.1, 0.15) is 0 Å². The molecule has 100 valence electrons. The lowest BCUT2D eigenvalue weighted by Crippen LogP contribution is -1.92. The highest BCUT2D eigenvalue weighted by Crippen LogP contribution is 2.39. The van der Waals surface area contributed by atoms with Crippen LogP contribution in [0.15, 0.2) is 53.7 Å². The predicted octanol–water partition coefficient (Wildman–Crippen LogP) is 4.25. The van der Waals surface area contributed by atoms with Crippen LogP contribution in [0.5, 0.6) is 5.75 Å². The molecular weight excluding hydrogens is 252 g/mol. The maximum absolute atomic E-state index is 11.3. The molecule has 0 aliphatic heterocycles. The second-order valence-electron chi connectivity index (χ2n) is 4.60. The molecule has 0 atom stereocenters. The highest BCUT2D eigenvalue weighted by Gasteiger charge is 2.17. The molecule has 0 aliphatic carbocycles. The summed E-state index contributed by atoms with van der Waals surface area (Å²) in [6.45, 7) is 0. The molecule has 20 heavy (non-hydrogen) atoms. The molecule has 0 saturated carbocycles. The van der Waals surface area contributed by atoms with Crippen molar-refractivity contribution in [3.8, 4) is 17.0 Å². The van der Waals surface area contributed by atoms with Gasteiger partial charge in [0.1, 0.15) is 11.4 Å². The van der Waals surface area contributed by atoms with Gasteiger partial charge < -0.3 is 9.30 Å². The van der Waals surface area contributed by atoms with Crippen LogP contribution in [0.4, 0.5) is 5.69 Å². The molecule has 3 rings (SSSR count). The first-order valence-electron chi connectivity index (χ1n) is 6.31. The highest BCUT2D eigenvalue weighted by atomic mass is 16.5. The van der Waals surface area contributed by atoms with Crippen molar-refractivity contribution in [2.45, 2.75) is 0 Å². The monoisotopic (exact) mass is 266 g/mol. The minimum atomic E-state index is 0.469. The Hall–Kier alpha value is -2.62. The Labute approximate surface area is 116 Å². The van der Waals surface area contributed by atoms with Crippen molar-refractivity contribution in [1.29, 1.82) is 0 Å². The quantitative estimate of drug-likeness (QED) is 0.665. The van der Waals surface area contributed by atoms with Gasteiger partial charge in [0.25, 0.3) is 0 Å². The summed E-state index contributed by atoms with van der Waals surface area (Å²) < 4.78 is 7.23. The summed E-state index contributed by atoms with van der Waals surface area (Å²) in [4.78, 5) is 11.3. The number of fused-ring (bicyclic) bond motifs is 1. The number of nitrogens with zero attached hydrogens (tertiary/aromatic N) is 2. The lowest BCUT2D eigenvalue weighted by Gasteiger charge is -2.07. The summed E-state index contributed by atoms with van der Waals surface area (Å²) in [5, 5.41) is 4.10. The number of para-hydroxylation sites is 1. The van der Waals surface area contributed by atoms with Gasteiger partial charge in [-0.1, -0.05) is 30.3 Å².